The van der Waals surface area contributed by atoms with E-state index >= 15 is 0 Å². The molecular formula is C13H19N5S. The summed E-state index contributed by atoms with van der Waals surface area (Å²) >= 11 is 1.69. The smallest absolute Gasteiger partial charge is 0.214 e. The van der Waals surface area contributed by atoms with Gasteiger partial charge in [-0.1, -0.05) is 43.3 Å². The van der Waals surface area contributed by atoms with E-state index in [9.17, 15) is 0 Å². The molecule has 5 nitrogen and oxygen atoms in total. The lowest BCUT2D eigenvalue weighted by Crippen LogP contribution is -2.27. The third-order valence-electron chi connectivity index (χ3n) is 2.90. The van der Waals surface area contributed by atoms with Gasteiger partial charge in [0.1, 0.15) is 0 Å². The highest BCUT2D eigenvalue weighted by molar-refractivity contribution is 7.99. The van der Waals surface area contributed by atoms with Crippen LogP contribution in [0.2, 0.25) is 0 Å². The van der Waals surface area contributed by atoms with Crippen LogP contribution < -0.4 is 5.32 Å². The minimum atomic E-state index is 0.496. The molecule has 1 heterocycles. The minimum Gasteiger partial charge on any atom is -0.316 e. The summed E-state index contributed by atoms with van der Waals surface area (Å²) < 4.78 is 1.78. The lowest BCUT2D eigenvalue weighted by atomic mass is 10.2. The Hall–Kier alpha value is -1.40. The summed E-state index contributed by atoms with van der Waals surface area (Å²) in [6, 6.07) is 10.5. The van der Waals surface area contributed by atoms with Gasteiger partial charge in [0.2, 0.25) is 5.16 Å². The van der Waals surface area contributed by atoms with Crippen molar-refractivity contribution in [3.8, 4) is 5.69 Å². The average Bonchev–Trinajstić information content (AvgIpc) is 2.93. The van der Waals surface area contributed by atoms with Crippen molar-refractivity contribution in [2.45, 2.75) is 31.0 Å². The van der Waals surface area contributed by atoms with Crippen LogP contribution in [0.15, 0.2) is 35.5 Å². The second kappa shape index (κ2) is 7.25. The third-order valence-corrected chi connectivity index (χ3v) is 3.98. The van der Waals surface area contributed by atoms with Crippen LogP contribution in [-0.2, 0) is 0 Å². The zero-order valence-electron chi connectivity index (χ0n) is 11.3. The molecule has 2 aromatic rings. The molecule has 0 saturated carbocycles. The van der Waals surface area contributed by atoms with E-state index in [-0.39, 0.29) is 0 Å². The predicted octanol–water partition coefficient (Wildman–Crippen LogP) is 2.14. The summed E-state index contributed by atoms with van der Waals surface area (Å²) in [4.78, 5) is 0. The van der Waals surface area contributed by atoms with Gasteiger partial charge in [-0.25, -0.2) is 0 Å². The van der Waals surface area contributed by atoms with Crippen LogP contribution >= 0.6 is 11.8 Å². The molecule has 0 aliphatic carbocycles. The first-order valence-electron chi connectivity index (χ1n) is 6.49. The number of nitrogens with one attached hydrogen (secondary N) is 1. The number of nitrogens with zero attached hydrogens (tertiary/aromatic N) is 4. The summed E-state index contributed by atoms with van der Waals surface area (Å²) in [6.45, 7) is 2.20. The number of thioether (sulfide) groups is 1. The average molecular weight is 277 g/mol. The van der Waals surface area contributed by atoms with Crippen molar-refractivity contribution in [3.63, 3.8) is 0 Å². The van der Waals surface area contributed by atoms with E-state index in [0.717, 1.165) is 23.0 Å². The Kier molecular flexibility index (Phi) is 5.35. The molecule has 6 heteroatoms. The Bertz CT molecular complexity index is 485. The predicted molar refractivity (Wildman–Crippen MR) is 77.6 cm³/mol. The number of hydrogen-bond donors (Lipinski definition) is 1. The maximum atomic E-state index is 4.10. The topological polar surface area (TPSA) is 55.6 Å². The molecule has 1 aromatic heterocycles. The van der Waals surface area contributed by atoms with E-state index in [0.29, 0.717) is 6.04 Å². The lowest BCUT2D eigenvalue weighted by molar-refractivity contribution is 0.564. The number of aromatic nitrogens is 4. The Morgan fingerprint density at radius 1 is 1.32 bits per heavy atom. The van der Waals surface area contributed by atoms with E-state index in [2.05, 4.69) is 27.8 Å². The van der Waals surface area contributed by atoms with Crippen LogP contribution in [0.5, 0.6) is 0 Å². The first-order valence-corrected chi connectivity index (χ1v) is 7.47. The van der Waals surface area contributed by atoms with Crippen LogP contribution in [0, 0.1) is 0 Å². The van der Waals surface area contributed by atoms with E-state index < -0.39 is 0 Å². The first-order chi connectivity index (χ1) is 9.35. The van der Waals surface area contributed by atoms with Gasteiger partial charge in [-0.2, -0.15) is 4.68 Å². The fourth-order valence-corrected chi connectivity index (χ4v) is 2.88. The van der Waals surface area contributed by atoms with Gasteiger partial charge < -0.3 is 5.32 Å². The lowest BCUT2D eigenvalue weighted by Gasteiger charge is -2.13. The highest BCUT2D eigenvalue weighted by Gasteiger charge is 2.11. The molecule has 0 bridgehead atoms. The maximum Gasteiger partial charge on any atom is 0.214 e. The molecule has 1 unspecified atom stereocenters. The summed E-state index contributed by atoms with van der Waals surface area (Å²) in [5.41, 5.74) is 0.992. The van der Waals surface area contributed by atoms with Crippen molar-refractivity contribution in [2.24, 2.45) is 0 Å². The zero-order chi connectivity index (χ0) is 13.5. The monoisotopic (exact) mass is 277 g/mol. The van der Waals surface area contributed by atoms with Gasteiger partial charge in [-0.3, -0.25) is 0 Å². The number of hydrogen-bond acceptors (Lipinski definition) is 5. The second-order valence-corrected chi connectivity index (χ2v) is 5.28. The quantitative estimate of drug-likeness (QED) is 0.786. The molecule has 19 heavy (non-hydrogen) atoms. The fourth-order valence-electron chi connectivity index (χ4n) is 1.83. The Balaban J connectivity index is 2.04. The Morgan fingerprint density at radius 2 is 2.11 bits per heavy atom. The Labute approximate surface area is 117 Å². The van der Waals surface area contributed by atoms with Crippen molar-refractivity contribution < 1.29 is 0 Å². The van der Waals surface area contributed by atoms with E-state index in [4.69, 9.17) is 0 Å². The number of rotatable bonds is 7. The van der Waals surface area contributed by atoms with E-state index in [1.165, 1.54) is 6.42 Å². The largest absolute Gasteiger partial charge is 0.316 e. The normalized spacial score (nSPS) is 12.5. The molecule has 0 aliphatic rings. The number of para-hydroxylation sites is 1. The standard InChI is InChI=1S/C13H19N5S/c1-3-7-11(14-2)10-19-13-15-16-17-18(13)12-8-5-4-6-9-12/h4-6,8-9,11,14H,3,7,10H2,1-2H3. The molecule has 1 N–H and O–H groups in total. The van der Waals surface area contributed by atoms with Crippen LogP contribution in [0.1, 0.15) is 19.8 Å². The van der Waals surface area contributed by atoms with Gasteiger partial charge in [0.05, 0.1) is 5.69 Å². The van der Waals surface area contributed by atoms with Gasteiger partial charge in [0.15, 0.2) is 0 Å². The molecule has 1 aromatic carbocycles. The van der Waals surface area contributed by atoms with E-state index in [1.807, 2.05) is 37.4 Å². The first kappa shape index (κ1) is 14.0. The van der Waals surface area contributed by atoms with Crippen molar-refractivity contribution in [3.05, 3.63) is 30.3 Å². The minimum absolute atomic E-state index is 0.496. The molecule has 0 fully saturated rings. The van der Waals surface area contributed by atoms with Gasteiger partial charge >= 0.3 is 0 Å². The van der Waals surface area contributed by atoms with Gasteiger partial charge in [0.25, 0.3) is 0 Å². The summed E-state index contributed by atoms with van der Waals surface area (Å²) in [6.07, 6.45) is 2.34. The summed E-state index contributed by atoms with van der Waals surface area (Å²) in [5, 5.41) is 16.1. The molecule has 1 atom stereocenters. The Morgan fingerprint density at radius 3 is 2.79 bits per heavy atom. The molecule has 0 aliphatic heterocycles. The highest BCUT2D eigenvalue weighted by Crippen LogP contribution is 2.19. The SMILES string of the molecule is CCCC(CSc1nnnn1-c1ccccc1)NC. The third kappa shape index (κ3) is 3.78. The van der Waals surface area contributed by atoms with Gasteiger partial charge in [0, 0.05) is 11.8 Å². The van der Waals surface area contributed by atoms with Crippen LogP contribution in [0.25, 0.3) is 5.69 Å². The van der Waals surface area contributed by atoms with Crippen LogP contribution in [-0.4, -0.2) is 39.0 Å². The van der Waals surface area contributed by atoms with Gasteiger partial charge in [-0.15, -0.1) is 5.10 Å². The van der Waals surface area contributed by atoms with Crippen molar-refractivity contribution in [1.82, 2.24) is 25.5 Å². The maximum absolute atomic E-state index is 4.10. The zero-order valence-corrected chi connectivity index (χ0v) is 12.1. The molecular weight excluding hydrogens is 258 g/mol. The molecule has 0 amide bonds. The van der Waals surface area contributed by atoms with Crippen LogP contribution in [0.4, 0.5) is 0 Å². The molecule has 0 saturated heterocycles. The summed E-state index contributed by atoms with van der Waals surface area (Å²) in [7, 11) is 2.00. The van der Waals surface area contributed by atoms with Crippen LogP contribution in [0.3, 0.4) is 0 Å². The highest BCUT2D eigenvalue weighted by atomic mass is 32.2. The van der Waals surface area contributed by atoms with Crippen molar-refractivity contribution >= 4 is 11.8 Å². The number of benzene rings is 1. The summed E-state index contributed by atoms with van der Waals surface area (Å²) in [5.74, 6) is 0.970. The molecule has 0 radical (unpaired) electrons. The fraction of sp³-hybridized carbons (Fsp3) is 0.462. The second-order valence-electron chi connectivity index (χ2n) is 4.29. The van der Waals surface area contributed by atoms with Crippen molar-refractivity contribution in [2.75, 3.05) is 12.8 Å². The molecule has 2 rings (SSSR count). The van der Waals surface area contributed by atoms with E-state index in [1.54, 1.807) is 16.4 Å². The molecule has 102 valence electrons. The van der Waals surface area contributed by atoms with Gasteiger partial charge in [-0.05, 0) is 36.0 Å². The number of tetrazole rings is 1. The van der Waals surface area contributed by atoms with Crippen molar-refractivity contribution in [1.29, 1.82) is 0 Å². The molecule has 0 spiro atoms.